The number of hydrogen-bond donors (Lipinski definition) is 3. The Balaban J connectivity index is 2.11. The Morgan fingerprint density at radius 3 is 2.48 bits per heavy atom. The molecule has 0 atom stereocenters. The van der Waals surface area contributed by atoms with Gasteiger partial charge in [0, 0.05) is 43.3 Å². The lowest BCUT2D eigenvalue weighted by atomic mass is 10.1. The van der Waals surface area contributed by atoms with Gasteiger partial charge in [-0.15, -0.1) is 0 Å². The number of aromatic hydroxyl groups is 1. The quantitative estimate of drug-likeness (QED) is 0.722. The van der Waals surface area contributed by atoms with Crippen LogP contribution in [0.25, 0.3) is 10.8 Å². The fraction of sp³-hybridized carbons (Fsp3) is 0.286. The molecule has 1 heterocycles. The third-order valence-electron chi connectivity index (χ3n) is 3.67. The van der Waals surface area contributed by atoms with Crippen LogP contribution in [0.1, 0.15) is 0 Å². The van der Waals surface area contributed by atoms with E-state index in [1.165, 1.54) is 6.07 Å². The molecule has 1 saturated heterocycles. The molecule has 2 aromatic carbocycles. The second kappa shape index (κ2) is 5.18. The number of piperazine rings is 1. The molecule has 0 amide bonds. The van der Waals surface area contributed by atoms with Gasteiger partial charge in [-0.3, -0.25) is 4.55 Å². The number of nitrogens with one attached hydrogen (secondary N) is 1. The zero-order valence-electron chi connectivity index (χ0n) is 11.3. The summed E-state index contributed by atoms with van der Waals surface area (Å²) in [6, 6.07) is 7.92. The number of rotatable bonds is 2. The molecule has 1 aliphatic heterocycles. The topological polar surface area (TPSA) is 89.9 Å². The van der Waals surface area contributed by atoms with E-state index in [-0.39, 0.29) is 10.6 Å². The first-order valence-electron chi connectivity index (χ1n) is 6.65. The summed E-state index contributed by atoms with van der Waals surface area (Å²) in [5.74, 6) is -0.160. The maximum atomic E-state index is 11.2. The molecule has 3 N–H and O–H groups in total. The minimum Gasteiger partial charge on any atom is -0.507 e. The first kappa shape index (κ1) is 14.1. The highest BCUT2D eigenvalue weighted by Gasteiger charge is 2.15. The number of phenols is 1. The van der Waals surface area contributed by atoms with Gasteiger partial charge in [0.1, 0.15) is 5.75 Å². The van der Waals surface area contributed by atoms with Gasteiger partial charge in [0.25, 0.3) is 10.1 Å². The Morgan fingerprint density at radius 2 is 1.81 bits per heavy atom. The molecule has 0 bridgehead atoms. The molecule has 3 rings (SSSR count). The summed E-state index contributed by atoms with van der Waals surface area (Å²) < 4.78 is 31.6. The van der Waals surface area contributed by atoms with Crippen LogP contribution in [0.5, 0.6) is 5.75 Å². The average Bonchev–Trinajstić information content (AvgIpc) is 2.46. The number of hydrogen-bond acceptors (Lipinski definition) is 5. The number of phenolic OH excluding ortho intramolecular Hbond substituents is 1. The summed E-state index contributed by atoms with van der Waals surface area (Å²) >= 11 is 0. The number of anilines is 1. The van der Waals surface area contributed by atoms with Crippen LogP contribution >= 0.6 is 0 Å². The molecule has 7 heteroatoms. The van der Waals surface area contributed by atoms with Gasteiger partial charge >= 0.3 is 0 Å². The number of nitrogens with zero attached hydrogens (tertiary/aromatic N) is 1. The molecule has 0 saturated carbocycles. The van der Waals surface area contributed by atoms with Gasteiger partial charge in [-0.05, 0) is 29.7 Å². The van der Waals surface area contributed by atoms with Crippen molar-refractivity contribution in [2.75, 3.05) is 31.1 Å². The SMILES string of the molecule is O=S(=O)(O)c1cc(O)c2ccc(N3CCNCC3)cc2c1. The minimum absolute atomic E-state index is 0.160. The van der Waals surface area contributed by atoms with Gasteiger partial charge in [-0.1, -0.05) is 0 Å². The van der Waals surface area contributed by atoms with Crippen LogP contribution in [-0.2, 0) is 10.1 Å². The summed E-state index contributed by atoms with van der Waals surface area (Å²) in [6.45, 7) is 3.54. The van der Waals surface area contributed by atoms with E-state index in [9.17, 15) is 13.5 Å². The summed E-state index contributed by atoms with van der Waals surface area (Å²) in [6.07, 6.45) is 0. The maximum Gasteiger partial charge on any atom is 0.294 e. The monoisotopic (exact) mass is 308 g/mol. The van der Waals surface area contributed by atoms with Gasteiger partial charge in [-0.2, -0.15) is 8.42 Å². The Bertz CT molecular complexity index is 783. The van der Waals surface area contributed by atoms with E-state index in [0.717, 1.165) is 37.9 Å². The summed E-state index contributed by atoms with van der Waals surface area (Å²) in [5, 5.41) is 14.3. The maximum absolute atomic E-state index is 11.2. The molecule has 1 fully saturated rings. The predicted octanol–water partition coefficient (Wildman–Crippen LogP) is 1.20. The second-order valence-electron chi connectivity index (χ2n) is 5.06. The number of fused-ring (bicyclic) bond motifs is 1. The standard InChI is InChI=1S/C14H16N2O4S/c17-14-9-12(21(18,19)20)8-10-7-11(1-2-13(10)14)16-5-3-15-4-6-16/h1-2,7-9,15,17H,3-6H2,(H,18,19,20). The van der Waals surface area contributed by atoms with Gasteiger partial charge in [0.15, 0.2) is 0 Å². The van der Waals surface area contributed by atoms with Crippen molar-refractivity contribution in [3.8, 4) is 5.75 Å². The van der Waals surface area contributed by atoms with E-state index in [0.29, 0.717) is 10.8 Å². The Morgan fingerprint density at radius 1 is 1.10 bits per heavy atom. The molecule has 0 aliphatic carbocycles. The first-order valence-corrected chi connectivity index (χ1v) is 8.09. The largest absolute Gasteiger partial charge is 0.507 e. The van der Waals surface area contributed by atoms with Gasteiger partial charge in [0.05, 0.1) is 4.90 Å². The Hall–Kier alpha value is -1.83. The van der Waals surface area contributed by atoms with Crippen LogP contribution in [0.3, 0.4) is 0 Å². The van der Waals surface area contributed by atoms with Crippen LogP contribution in [0.2, 0.25) is 0 Å². The van der Waals surface area contributed by atoms with Crippen molar-refractivity contribution in [2.24, 2.45) is 0 Å². The van der Waals surface area contributed by atoms with E-state index < -0.39 is 10.1 Å². The molecule has 0 unspecified atom stereocenters. The lowest BCUT2D eigenvalue weighted by Crippen LogP contribution is -2.43. The third-order valence-corrected chi connectivity index (χ3v) is 4.50. The van der Waals surface area contributed by atoms with Crippen LogP contribution in [0.4, 0.5) is 5.69 Å². The molecule has 0 spiro atoms. The molecular formula is C14H16N2O4S. The normalized spacial score (nSPS) is 16.3. The highest BCUT2D eigenvalue weighted by molar-refractivity contribution is 7.85. The highest BCUT2D eigenvalue weighted by atomic mass is 32.2. The Labute approximate surface area is 122 Å². The fourth-order valence-electron chi connectivity index (χ4n) is 2.58. The lowest BCUT2D eigenvalue weighted by Gasteiger charge is -2.29. The van der Waals surface area contributed by atoms with E-state index in [1.807, 2.05) is 12.1 Å². The van der Waals surface area contributed by atoms with Crippen molar-refractivity contribution < 1.29 is 18.1 Å². The van der Waals surface area contributed by atoms with E-state index in [4.69, 9.17) is 4.55 Å². The van der Waals surface area contributed by atoms with Crippen LogP contribution < -0.4 is 10.2 Å². The molecular weight excluding hydrogens is 292 g/mol. The van der Waals surface area contributed by atoms with Crippen LogP contribution in [0, 0.1) is 0 Å². The molecule has 2 aromatic rings. The molecule has 1 aliphatic rings. The summed E-state index contributed by atoms with van der Waals surface area (Å²) in [4.78, 5) is 1.89. The summed E-state index contributed by atoms with van der Waals surface area (Å²) in [7, 11) is -4.34. The Kier molecular flexibility index (Phi) is 3.48. The van der Waals surface area contributed by atoms with Crippen LogP contribution in [0.15, 0.2) is 35.2 Å². The molecule has 112 valence electrons. The van der Waals surface area contributed by atoms with Crippen molar-refractivity contribution in [1.82, 2.24) is 5.32 Å². The first-order chi connectivity index (χ1) is 9.95. The van der Waals surface area contributed by atoms with Crippen molar-refractivity contribution in [1.29, 1.82) is 0 Å². The average molecular weight is 308 g/mol. The van der Waals surface area contributed by atoms with Crippen molar-refractivity contribution in [3.05, 3.63) is 30.3 Å². The highest BCUT2D eigenvalue weighted by Crippen LogP contribution is 2.31. The van der Waals surface area contributed by atoms with E-state index >= 15 is 0 Å². The van der Waals surface area contributed by atoms with Gasteiger partial charge < -0.3 is 15.3 Å². The second-order valence-corrected chi connectivity index (χ2v) is 6.48. The van der Waals surface area contributed by atoms with Crippen molar-refractivity contribution >= 4 is 26.6 Å². The van der Waals surface area contributed by atoms with Gasteiger partial charge in [-0.25, -0.2) is 0 Å². The zero-order chi connectivity index (χ0) is 15.0. The fourth-order valence-corrected chi connectivity index (χ4v) is 3.12. The lowest BCUT2D eigenvalue weighted by molar-refractivity contribution is 0.471. The van der Waals surface area contributed by atoms with Crippen molar-refractivity contribution in [3.63, 3.8) is 0 Å². The van der Waals surface area contributed by atoms with Crippen LogP contribution in [-0.4, -0.2) is 44.3 Å². The molecule has 0 radical (unpaired) electrons. The predicted molar refractivity (Wildman–Crippen MR) is 80.5 cm³/mol. The van der Waals surface area contributed by atoms with E-state index in [2.05, 4.69) is 10.2 Å². The molecule has 6 nitrogen and oxygen atoms in total. The van der Waals surface area contributed by atoms with Gasteiger partial charge in [0.2, 0.25) is 0 Å². The molecule has 0 aromatic heterocycles. The third kappa shape index (κ3) is 2.80. The zero-order valence-corrected chi connectivity index (χ0v) is 12.1. The van der Waals surface area contributed by atoms with Crippen molar-refractivity contribution in [2.45, 2.75) is 4.90 Å². The molecule has 21 heavy (non-hydrogen) atoms. The minimum atomic E-state index is -4.34. The van der Waals surface area contributed by atoms with E-state index in [1.54, 1.807) is 6.07 Å². The smallest absolute Gasteiger partial charge is 0.294 e. The number of benzene rings is 2. The summed E-state index contributed by atoms with van der Waals surface area (Å²) in [5.41, 5.74) is 0.968.